The first-order valence-corrected chi connectivity index (χ1v) is 14.5. The van der Waals surface area contributed by atoms with E-state index in [1.165, 1.54) is 31.4 Å². The second-order valence-electron chi connectivity index (χ2n) is 9.34. The maximum Gasteiger partial charge on any atom is 0.316 e. The van der Waals surface area contributed by atoms with Crippen LogP contribution < -0.4 is 10.0 Å². The first kappa shape index (κ1) is 26.4. The van der Waals surface area contributed by atoms with Crippen molar-refractivity contribution in [2.24, 2.45) is 0 Å². The topological polar surface area (TPSA) is 91.1 Å². The summed E-state index contributed by atoms with van der Waals surface area (Å²) in [6, 6.07) is 10.7. The Kier molecular flexibility index (Phi) is 10.9. The largest absolute Gasteiger partial charge is 0.550 e. The van der Waals surface area contributed by atoms with Crippen LogP contribution in [0.2, 0.25) is 0 Å². The van der Waals surface area contributed by atoms with Crippen LogP contribution in [0.5, 0.6) is 0 Å². The molecule has 1 aromatic rings. The minimum absolute atomic E-state index is 0.0245. The van der Waals surface area contributed by atoms with Gasteiger partial charge >= 0.3 is 5.97 Å². The molecule has 0 aromatic heterocycles. The van der Waals surface area contributed by atoms with Crippen LogP contribution in [0.1, 0.15) is 69.3 Å². The number of carbonyl (C=O) groups is 2. The second kappa shape index (κ2) is 13.6. The van der Waals surface area contributed by atoms with Crippen LogP contribution in [0.25, 0.3) is 0 Å². The van der Waals surface area contributed by atoms with E-state index >= 15 is 0 Å². The first-order valence-electron chi connectivity index (χ1n) is 12.2. The van der Waals surface area contributed by atoms with Crippen molar-refractivity contribution in [2.75, 3.05) is 19.4 Å². The van der Waals surface area contributed by atoms with Crippen molar-refractivity contribution < 1.29 is 29.4 Å². The van der Waals surface area contributed by atoms with Crippen LogP contribution in [0.3, 0.4) is 0 Å². The highest BCUT2D eigenvalue weighted by Gasteiger charge is 2.44. The minimum Gasteiger partial charge on any atom is -0.550 e. The number of carbonyl (C=O) groups excluding carboxylic acids is 2. The number of rotatable bonds is 9. The van der Waals surface area contributed by atoms with Gasteiger partial charge in [-0.05, 0) is 31.2 Å². The highest BCUT2D eigenvalue weighted by molar-refractivity contribution is 8.77. The molecule has 3 aliphatic heterocycles. The molecule has 0 spiro atoms. The third-order valence-electron chi connectivity index (χ3n) is 7.08. The number of fused-ring (bicyclic) bond motifs is 2. The molecule has 184 valence electrons. The SMILES string of the molecule is C[NH+]1C2CC[C@H]1CC(OC(=O)C(CO)c1ccccc1)C2.O=C([O-])CCCC[C@@H]1CCSS1. The molecule has 0 aliphatic carbocycles. The van der Waals surface area contributed by atoms with Crippen LogP contribution in [-0.4, -0.2) is 59.9 Å². The molecule has 4 unspecified atom stereocenters. The van der Waals surface area contributed by atoms with E-state index < -0.39 is 11.9 Å². The van der Waals surface area contributed by atoms with Gasteiger partial charge in [-0.3, -0.25) is 4.79 Å². The van der Waals surface area contributed by atoms with E-state index in [0.29, 0.717) is 12.1 Å². The Hall–Kier alpha value is -1.22. The summed E-state index contributed by atoms with van der Waals surface area (Å²) in [5.74, 6) is -0.498. The molecule has 2 N–H and O–H groups in total. The fourth-order valence-corrected chi connectivity index (χ4v) is 8.11. The number of benzene rings is 1. The standard InChI is InChI=1S/C17H23NO3.C8H14O2S2/c1-18-13-7-8-14(18)10-15(9-13)21-17(20)16(11-19)12-5-3-2-4-6-12;9-8(10)4-2-1-3-7-5-6-11-12-7/h2-6,13-16,19H,7-11H2,1H3;7H,1-6H2,(H,9,10)/t13-,14?,15?,16?;7-/m01/s1. The molecule has 0 radical (unpaired) electrons. The molecular formula is C25H37NO5S2. The number of esters is 1. The van der Waals surface area contributed by atoms with Gasteiger partial charge < -0.3 is 24.6 Å². The summed E-state index contributed by atoms with van der Waals surface area (Å²) < 4.78 is 5.72. The van der Waals surface area contributed by atoms with Gasteiger partial charge in [0.05, 0.1) is 25.7 Å². The summed E-state index contributed by atoms with van der Waals surface area (Å²) in [6.45, 7) is -0.201. The zero-order chi connectivity index (χ0) is 23.6. The summed E-state index contributed by atoms with van der Waals surface area (Å²) in [5.41, 5.74) is 0.825. The van der Waals surface area contributed by atoms with Crippen molar-refractivity contribution in [1.82, 2.24) is 0 Å². The molecule has 3 saturated heterocycles. The molecular weight excluding hydrogens is 458 g/mol. The third-order valence-corrected chi connectivity index (χ3v) is 10.1. The molecule has 6 atom stereocenters. The number of unbranched alkanes of at least 4 members (excludes halogenated alkanes) is 1. The molecule has 0 amide bonds. The minimum atomic E-state index is -0.913. The fourth-order valence-electron chi connectivity index (χ4n) is 5.08. The molecule has 3 heterocycles. The Bertz CT molecular complexity index is 730. The van der Waals surface area contributed by atoms with Gasteiger partial charge in [0, 0.05) is 42.7 Å². The van der Waals surface area contributed by atoms with Crippen molar-refractivity contribution in [1.29, 1.82) is 0 Å². The number of nitrogens with one attached hydrogen (secondary N) is 1. The molecule has 33 heavy (non-hydrogen) atoms. The molecule has 3 fully saturated rings. The van der Waals surface area contributed by atoms with Gasteiger partial charge in [0.2, 0.25) is 0 Å². The van der Waals surface area contributed by atoms with Crippen molar-refractivity contribution >= 4 is 33.5 Å². The van der Waals surface area contributed by atoms with Crippen LogP contribution in [0.15, 0.2) is 30.3 Å². The van der Waals surface area contributed by atoms with Crippen LogP contribution in [-0.2, 0) is 14.3 Å². The summed E-state index contributed by atoms with van der Waals surface area (Å²) in [7, 11) is 6.14. The van der Waals surface area contributed by atoms with Gasteiger partial charge in [-0.1, -0.05) is 58.3 Å². The highest BCUT2D eigenvalue weighted by Crippen LogP contribution is 2.39. The Morgan fingerprint density at radius 1 is 1.15 bits per heavy atom. The highest BCUT2D eigenvalue weighted by atomic mass is 33.1. The number of aliphatic carboxylic acids is 1. The molecule has 6 nitrogen and oxygen atoms in total. The number of carboxylic acid groups (broad SMARTS) is 1. The van der Waals surface area contributed by atoms with Crippen molar-refractivity contribution in [3.8, 4) is 0 Å². The average Bonchev–Trinajstić information content (AvgIpc) is 3.38. The van der Waals surface area contributed by atoms with Gasteiger partial charge in [-0.2, -0.15) is 0 Å². The van der Waals surface area contributed by atoms with E-state index in [0.717, 1.165) is 36.5 Å². The van der Waals surface area contributed by atoms with E-state index in [1.807, 2.05) is 51.9 Å². The number of quaternary nitrogens is 1. The lowest BCUT2D eigenvalue weighted by Crippen LogP contribution is -3.15. The third kappa shape index (κ3) is 8.19. The Morgan fingerprint density at radius 3 is 2.42 bits per heavy atom. The molecule has 4 rings (SSSR count). The summed E-state index contributed by atoms with van der Waals surface area (Å²) >= 11 is 0. The van der Waals surface area contributed by atoms with Gasteiger partial charge in [-0.25, -0.2) is 0 Å². The zero-order valence-electron chi connectivity index (χ0n) is 19.4. The van der Waals surface area contributed by atoms with E-state index in [1.54, 1.807) is 4.90 Å². The molecule has 3 aliphatic rings. The lowest BCUT2D eigenvalue weighted by atomic mass is 9.98. The van der Waals surface area contributed by atoms with Crippen LogP contribution in [0.4, 0.5) is 0 Å². The number of aliphatic hydroxyl groups excluding tert-OH is 1. The molecule has 1 aromatic carbocycles. The van der Waals surface area contributed by atoms with E-state index in [2.05, 4.69) is 7.05 Å². The number of piperidine rings is 1. The predicted octanol–water partition coefficient (Wildman–Crippen LogP) is 1.96. The maximum atomic E-state index is 12.4. The summed E-state index contributed by atoms with van der Waals surface area (Å²) in [6.07, 6.45) is 8.93. The van der Waals surface area contributed by atoms with Crippen molar-refractivity contribution in [2.45, 2.75) is 87.1 Å². The van der Waals surface area contributed by atoms with Crippen molar-refractivity contribution in [3.63, 3.8) is 0 Å². The van der Waals surface area contributed by atoms with Crippen LogP contribution >= 0.6 is 21.6 Å². The Balaban J connectivity index is 0.000000218. The fraction of sp³-hybridized carbons (Fsp3) is 0.680. The van der Waals surface area contributed by atoms with Gasteiger partial charge in [0.1, 0.15) is 12.0 Å². The van der Waals surface area contributed by atoms with Crippen molar-refractivity contribution in [3.05, 3.63) is 35.9 Å². The van der Waals surface area contributed by atoms with Gasteiger partial charge in [0.25, 0.3) is 0 Å². The first-order chi connectivity index (χ1) is 16.0. The Labute approximate surface area is 205 Å². The Morgan fingerprint density at radius 2 is 1.85 bits per heavy atom. The normalized spacial score (nSPS) is 29.1. The zero-order valence-corrected chi connectivity index (χ0v) is 21.1. The smallest absolute Gasteiger partial charge is 0.316 e. The molecule has 0 saturated carbocycles. The lowest BCUT2D eigenvalue weighted by molar-refractivity contribution is -0.923. The molecule has 8 heteroatoms. The summed E-state index contributed by atoms with van der Waals surface area (Å²) in [4.78, 5) is 24.0. The number of aliphatic hydroxyl groups is 1. The second-order valence-corrected chi connectivity index (χ2v) is 12.1. The van der Waals surface area contributed by atoms with Gasteiger partial charge in [0.15, 0.2) is 0 Å². The van der Waals surface area contributed by atoms with E-state index in [4.69, 9.17) is 4.74 Å². The predicted molar refractivity (Wildman–Crippen MR) is 131 cm³/mol. The number of ether oxygens (including phenoxy) is 1. The van der Waals surface area contributed by atoms with Crippen LogP contribution in [0, 0.1) is 0 Å². The van der Waals surface area contributed by atoms with E-state index in [9.17, 15) is 19.8 Å². The quantitative estimate of drug-likeness (QED) is 0.307. The number of hydrogen-bond acceptors (Lipinski definition) is 7. The lowest BCUT2D eigenvalue weighted by Gasteiger charge is -2.33. The van der Waals surface area contributed by atoms with E-state index in [-0.39, 0.29) is 25.1 Å². The number of hydrogen-bond donors (Lipinski definition) is 2. The monoisotopic (exact) mass is 495 g/mol. The van der Waals surface area contributed by atoms with Gasteiger partial charge in [-0.15, -0.1) is 0 Å². The average molecular weight is 496 g/mol. The molecule has 2 bridgehead atoms. The number of carboxylic acids is 1. The summed E-state index contributed by atoms with van der Waals surface area (Å²) in [5, 5.41) is 20.4. The maximum absolute atomic E-state index is 12.4.